The van der Waals surface area contributed by atoms with Gasteiger partial charge in [0.25, 0.3) is 0 Å². The lowest BCUT2D eigenvalue weighted by atomic mass is 10.2. The van der Waals surface area contributed by atoms with Crippen LogP contribution in [0.15, 0.2) is 18.2 Å². The summed E-state index contributed by atoms with van der Waals surface area (Å²) in [4.78, 5) is 0. The Morgan fingerprint density at radius 3 is 2.65 bits per heavy atom. The smallest absolute Gasteiger partial charge is 0.165 e. The van der Waals surface area contributed by atoms with Crippen molar-refractivity contribution in [1.29, 1.82) is 0 Å². The van der Waals surface area contributed by atoms with Crippen LogP contribution in [0.3, 0.4) is 0 Å². The fourth-order valence-electron chi connectivity index (χ4n) is 1.88. The van der Waals surface area contributed by atoms with E-state index in [1.807, 2.05) is 25.1 Å². The molecule has 0 fully saturated rings. The molecule has 1 atom stereocenters. The number of rotatable bonds is 10. The zero-order valence-corrected chi connectivity index (χ0v) is 12.6. The molecule has 5 nitrogen and oxygen atoms in total. The first-order valence-electron chi connectivity index (χ1n) is 7.07. The summed E-state index contributed by atoms with van der Waals surface area (Å²) in [5.74, 6) is 1.57. The average molecular weight is 282 g/mol. The topological polar surface area (TPSA) is 62.8 Å². The van der Waals surface area contributed by atoms with E-state index in [-0.39, 0.29) is 6.10 Å². The van der Waals surface area contributed by atoms with Crippen LogP contribution in [0, 0.1) is 0 Å². The molecular weight excluding hydrogens is 256 g/mol. The van der Waals surface area contributed by atoms with Crippen LogP contribution in [0.5, 0.6) is 11.5 Å². The quantitative estimate of drug-likeness (QED) is 0.562. The minimum atomic E-state index is -0.307. The van der Waals surface area contributed by atoms with Gasteiger partial charge in [-0.3, -0.25) is 0 Å². The molecule has 1 aromatic rings. The van der Waals surface area contributed by atoms with Crippen LogP contribution >= 0.6 is 0 Å². The van der Waals surface area contributed by atoms with Crippen molar-refractivity contribution in [2.75, 3.05) is 33.4 Å². The van der Waals surface area contributed by atoms with Crippen molar-refractivity contribution in [3.8, 4) is 11.5 Å². The summed E-state index contributed by atoms with van der Waals surface area (Å²) < 4.78 is 11.0. The van der Waals surface area contributed by atoms with Gasteiger partial charge >= 0.3 is 0 Å². The maximum Gasteiger partial charge on any atom is 0.165 e. The van der Waals surface area contributed by atoms with Crippen molar-refractivity contribution in [3.05, 3.63) is 23.8 Å². The minimum Gasteiger partial charge on any atom is -0.493 e. The lowest BCUT2D eigenvalue weighted by molar-refractivity contribution is 0.191. The molecule has 1 aromatic carbocycles. The van der Waals surface area contributed by atoms with E-state index in [1.165, 1.54) is 0 Å². The Labute approximate surface area is 121 Å². The highest BCUT2D eigenvalue weighted by Crippen LogP contribution is 2.30. The second-order valence-electron chi connectivity index (χ2n) is 4.61. The highest BCUT2D eigenvalue weighted by molar-refractivity contribution is 5.46. The zero-order valence-electron chi connectivity index (χ0n) is 12.6. The normalized spacial score (nSPS) is 12.2. The van der Waals surface area contributed by atoms with Gasteiger partial charge in [0, 0.05) is 31.7 Å². The number of aliphatic hydroxyl groups excluding tert-OH is 1. The van der Waals surface area contributed by atoms with Crippen LogP contribution in [0.1, 0.15) is 19.4 Å². The minimum absolute atomic E-state index is 0.307. The van der Waals surface area contributed by atoms with Gasteiger partial charge in [-0.05, 0) is 19.9 Å². The molecule has 0 heterocycles. The van der Waals surface area contributed by atoms with Gasteiger partial charge in [0.15, 0.2) is 11.5 Å². The molecule has 0 unspecified atom stereocenters. The van der Waals surface area contributed by atoms with E-state index in [1.54, 1.807) is 14.0 Å². The monoisotopic (exact) mass is 282 g/mol. The third-order valence-corrected chi connectivity index (χ3v) is 2.80. The summed E-state index contributed by atoms with van der Waals surface area (Å²) in [5, 5.41) is 15.6. The second-order valence-corrected chi connectivity index (χ2v) is 4.61. The Kier molecular flexibility index (Phi) is 8.02. The van der Waals surface area contributed by atoms with Gasteiger partial charge in [0.1, 0.15) is 0 Å². The maximum atomic E-state index is 9.13. The first kappa shape index (κ1) is 16.8. The molecule has 0 spiro atoms. The van der Waals surface area contributed by atoms with Gasteiger partial charge in [-0.15, -0.1) is 0 Å². The maximum absolute atomic E-state index is 9.13. The fourth-order valence-corrected chi connectivity index (χ4v) is 1.88. The molecule has 0 aromatic heterocycles. The molecule has 5 heteroatoms. The summed E-state index contributed by atoms with van der Waals surface area (Å²) in [5.41, 5.74) is 1.08. The number of para-hydroxylation sites is 1. The van der Waals surface area contributed by atoms with E-state index in [2.05, 4.69) is 10.6 Å². The van der Waals surface area contributed by atoms with Crippen LogP contribution in [-0.4, -0.2) is 44.6 Å². The number of aliphatic hydroxyl groups is 1. The Bertz CT molecular complexity index is 383. The standard InChI is InChI=1S/C15H26N2O3/c1-4-20-15-13(6-5-7-14(15)19-3)11-17-9-8-16-10-12(2)18/h5-7,12,16-18H,4,8-11H2,1-3H3/t12-/m1/s1. The predicted molar refractivity (Wildman–Crippen MR) is 80.4 cm³/mol. The molecule has 0 amide bonds. The number of hydrogen-bond acceptors (Lipinski definition) is 5. The Balaban J connectivity index is 2.42. The van der Waals surface area contributed by atoms with Crippen molar-refractivity contribution in [2.24, 2.45) is 0 Å². The van der Waals surface area contributed by atoms with E-state index >= 15 is 0 Å². The Morgan fingerprint density at radius 2 is 2.00 bits per heavy atom. The number of methoxy groups -OCH3 is 1. The van der Waals surface area contributed by atoms with Gasteiger partial charge in [0.05, 0.1) is 19.8 Å². The predicted octanol–water partition coefficient (Wildman–Crippen LogP) is 1.15. The number of nitrogens with one attached hydrogen (secondary N) is 2. The van der Waals surface area contributed by atoms with Gasteiger partial charge < -0.3 is 25.2 Å². The van der Waals surface area contributed by atoms with Gasteiger partial charge in [-0.2, -0.15) is 0 Å². The van der Waals surface area contributed by atoms with Crippen molar-refractivity contribution in [1.82, 2.24) is 10.6 Å². The van der Waals surface area contributed by atoms with Crippen molar-refractivity contribution < 1.29 is 14.6 Å². The second kappa shape index (κ2) is 9.58. The van der Waals surface area contributed by atoms with Crippen molar-refractivity contribution in [3.63, 3.8) is 0 Å². The highest BCUT2D eigenvalue weighted by atomic mass is 16.5. The van der Waals surface area contributed by atoms with Gasteiger partial charge in [-0.25, -0.2) is 0 Å². The lowest BCUT2D eigenvalue weighted by Gasteiger charge is -2.14. The largest absolute Gasteiger partial charge is 0.493 e. The van der Waals surface area contributed by atoms with Gasteiger partial charge in [0.2, 0.25) is 0 Å². The van der Waals surface area contributed by atoms with E-state index in [0.29, 0.717) is 13.2 Å². The molecule has 0 bridgehead atoms. The average Bonchev–Trinajstić information content (AvgIpc) is 2.44. The summed E-state index contributed by atoms with van der Waals surface area (Å²) in [6, 6.07) is 5.90. The van der Waals surface area contributed by atoms with E-state index < -0.39 is 0 Å². The fraction of sp³-hybridized carbons (Fsp3) is 0.600. The molecule has 0 aliphatic carbocycles. The molecule has 0 saturated heterocycles. The van der Waals surface area contributed by atoms with E-state index in [4.69, 9.17) is 14.6 Å². The molecule has 20 heavy (non-hydrogen) atoms. The molecule has 0 aliphatic heterocycles. The number of hydrogen-bond donors (Lipinski definition) is 3. The third-order valence-electron chi connectivity index (χ3n) is 2.80. The number of benzene rings is 1. The molecule has 0 radical (unpaired) electrons. The van der Waals surface area contributed by atoms with Crippen LogP contribution in [0.4, 0.5) is 0 Å². The number of ether oxygens (including phenoxy) is 2. The summed E-state index contributed by atoms with van der Waals surface area (Å²) >= 11 is 0. The SMILES string of the molecule is CCOc1c(CNCCNC[C@@H](C)O)cccc1OC. The molecule has 1 rings (SSSR count). The van der Waals surface area contributed by atoms with Crippen LogP contribution in [-0.2, 0) is 6.54 Å². The molecule has 3 N–H and O–H groups in total. The zero-order chi connectivity index (χ0) is 14.8. The van der Waals surface area contributed by atoms with Crippen molar-refractivity contribution in [2.45, 2.75) is 26.5 Å². The molecular formula is C15H26N2O3. The lowest BCUT2D eigenvalue weighted by Crippen LogP contribution is -2.31. The van der Waals surface area contributed by atoms with E-state index in [9.17, 15) is 0 Å². The molecule has 0 aliphatic rings. The first-order chi connectivity index (χ1) is 9.69. The molecule has 0 saturated carbocycles. The first-order valence-corrected chi connectivity index (χ1v) is 7.07. The summed E-state index contributed by atoms with van der Waals surface area (Å²) in [7, 11) is 1.65. The Hall–Kier alpha value is -1.30. The highest BCUT2D eigenvalue weighted by Gasteiger charge is 2.09. The van der Waals surface area contributed by atoms with Crippen molar-refractivity contribution >= 4 is 0 Å². The van der Waals surface area contributed by atoms with E-state index in [0.717, 1.165) is 36.7 Å². The Morgan fingerprint density at radius 1 is 1.25 bits per heavy atom. The van der Waals surface area contributed by atoms with Crippen LogP contribution in [0.25, 0.3) is 0 Å². The van der Waals surface area contributed by atoms with Crippen LogP contribution < -0.4 is 20.1 Å². The van der Waals surface area contributed by atoms with Crippen LogP contribution in [0.2, 0.25) is 0 Å². The summed E-state index contributed by atoms with van der Waals surface area (Å²) in [6.07, 6.45) is -0.307. The summed E-state index contributed by atoms with van der Waals surface area (Å²) in [6.45, 7) is 7.33. The molecule has 114 valence electrons. The third kappa shape index (κ3) is 5.77. The van der Waals surface area contributed by atoms with Gasteiger partial charge in [-0.1, -0.05) is 12.1 Å².